The number of aromatic nitrogens is 1. The van der Waals surface area contributed by atoms with Crippen LogP contribution in [-0.4, -0.2) is 16.1 Å². The Bertz CT molecular complexity index is 835. The van der Waals surface area contributed by atoms with Gasteiger partial charge >= 0.3 is 5.97 Å². The van der Waals surface area contributed by atoms with E-state index in [-0.39, 0.29) is 11.5 Å². The minimum absolute atomic E-state index is 0.139. The number of carboxylic acid groups (broad SMARTS) is 1. The molecule has 4 rings (SSSR count). The Hall–Kier alpha value is -2.62. The summed E-state index contributed by atoms with van der Waals surface area (Å²) in [4.78, 5) is 15.6. The second kappa shape index (κ2) is 3.93. The second-order valence-electron chi connectivity index (χ2n) is 4.97. The van der Waals surface area contributed by atoms with Gasteiger partial charge < -0.3 is 9.52 Å². The molecule has 1 unspecified atom stereocenters. The van der Waals surface area contributed by atoms with E-state index < -0.39 is 5.97 Å². The summed E-state index contributed by atoms with van der Waals surface area (Å²) in [7, 11) is 0. The number of oxazole rings is 1. The maximum Gasteiger partial charge on any atom is 0.338 e. The smallest absolute Gasteiger partial charge is 0.338 e. The lowest BCUT2D eigenvalue weighted by atomic mass is 9.77. The Morgan fingerprint density at radius 2 is 2.05 bits per heavy atom. The monoisotopic (exact) mass is 265 g/mol. The molecule has 3 aromatic rings. The standard InChI is InChI=1S/C16H11NO3/c18-16(19)11-6-3-7-13-14(11)17-15(20-13)12-8-9-4-1-2-5-10(9)12/h1-7,12H,8H2,(H,18,19). The van der Waals surface area contributed by atoms with Crippen molar-refractivity contribution in [2.45, 2.75) is 12.3 Å². The number of carboxylic acids is 1. The molecule has 1 heterocycles. The SMILES string of the molecule is O=C(O)c1cccc2oc(C3Cc4ccccc43)nc12. The van der Waals surface area contributed by atoms with E-state index in [1.54, 1.807) is 18.2 Å². The van der Waals surface area contributed by atoms with Crippen LogP contribution in [0.4, 0.5) is 0 Å². The third-order valence-electron chi connectivity index (χ3n) is 3.82. The first-order valence-electron chi connectivity index (χ1n) is 6.44. The lowest BCUT2D eigenvalue weighted by Gasteiger charge is -2.27. The fourth-order valence-electron chi connectivity index (χ4n) is 2.77. The highest BCUT2D eigenvalue weighted by Crippen LogP contribution is 2.40. The molecule has 4 heteroatoms. The Kier molecular flexibility index (Phi) is 2.21. The van der Waals surface area contributed by atoms with Crippen molar-refractivity contribution in [1.29, 1.82) is 0 Å². The highest BCUT2D eigenvalue weighted by atomic mass is 16.4. The van der Waals surface area contributed by atoms with Crippen molar-refractivity contribution in [1.82, 2.24) is 4.98 Å². The fourth-order valence-corrected chi connectivity index (χ4v) is 2.77. The molecule has 1 N–H and O–H groups in total. The number of benzene rings is 2. The first-order chi connectivity index (χ1) is 9.74. The molecule has 0 bridgehead atoms. The molecule has 0 aliphatic heterocycles. The summed E-state index contributed by atoms with van der Waals surface area (Å²) in [5, 5.41) is 9.18. The number of hydrogen-bond acceptors (Lipinski definition) is 3. The van der Waals surface area contributed by atoms with Crippen LogP contribution in [-0.2, 0) is 6.42 Å². The minimum atomic E-state index is -0.982. The van der Waals surface area contributed by atoms with Gasteiger partial charge in [-0.15, -0.1) is 0 Å². The zero-order chi connectivity index (χ0) is 13.7. The largest absolute Gasteiger partial charge is 0.478 e. The summed E-state index contributed by atoms with van der Waals surface area (Å²) >= 11 is 0. The molecular formula is C16H11NO3. The average Bonchev–Trinajstić information content (AvgIpc) is 2.82. The van der Waals surface area contributed by atoms with Crippen LogP contribution >= 0.6 is 0 Å². The summed E-state index contributed by atoms with van der Waals surface area (Å²) in [6, 6.07) is 13.2. The van der Waals surface area contributed by atoms with Crippen LogP contribution in [0.25, 0.3) is 11.1 Å². The molecule has 0 amide bonds. The van der Waals surface area contributed by atoms with Gasteiger partial charge in [0.1, 0.15) is 5.52 Å². The maximum atomic E-state index is 11.2. The van der Waals surface area contributed by atoms with Gasteiger partial charge in [-0.25, -0.2) is 9.78 Å². The molecule has 4 nitrogen and oxygen atoms in total. The van der Waals surface area contributed by atoms with Crippen molar-refractivity contribution in [3.05, 3.63) is 65.0 Å². The summed E-state index contributed by atoms with van der Waals surface area (Å²) in [6.45, 7) is 0. The van der Waals surface area contributed by atoms with E-state index in [1.165, 1.54) is 11.1 Å². The maximum absolute atomic E-state index is 11.2. The Morgan fingerprint density at radius 1 is 1.20 bits per heavy atom. The van der Waals surface area contributed by atoms with Crippen molar-refractivity contribution in [2.24, 2.45) is 0 Å². The van der Waals surface area contributed by atoms with Crippen LogP contribution in [0.5, 0.6) is 0 Å². The molecule has 0 saturated carbocycles. The molecule has 1 aromatic heterocycles. The zero-order valence-electron chi connectivity index (χ0n) is 10.5. The van der Waals surface area contributed by atoms with Gasteiger partial charge in [0.15, 0.2) is 5.58 Å². The Morgan fingerprint density at radius 3 is 2.85 bits per heavy atom. The predicted molar refractivity (Wildman–Crippen MR) is 73.0 cm³/mol. The molecule has 1 aliphatic rings. The molecule has 0 saturated heterocycles. The highest BCUT2D eigenvalue weighted by Gasteiger charge is 2.31. The zero-order valence-corrected chi connectivity index (χ0v) is 10.5. The average molecular weight is 265 g/mol. The van der Waals surface area contributed by atoms with Crippen molar-refractivity contribution < 1.29 is 14.3 Å². The number of carbonyl (C=O) groups is 1. The number of hydrogen-bond donors (Lipinski definition) is 1. The van der Waals surface area contributed by atoms with E-state index >= 15 is 0 Å². The lowest BCUT2D eigenvalue weighted by molar-refractivity contribution is 0.0699. The molecular weight excluding hydrogens is 254 g/mol. The first-order valence-corrected chi connectivity index (χ1v) is 6.44. The van der Waals surface area contributed by atoms with Gasteiger partial charge in [-0.2, -0.15) is 0 Å². The molecule has 1 atom stereocenters. The van der Waals surface area contributed by atoms with E-state index in [1.807, 2.05) is 12.1 Å². The van der Waals surface area contributed by atoms with E-state index in [0.29, 0.717) is 17.0 Å². The number of nitrogens with zero attached hydrogens (tertiary/aromatic N) is 1. The van der Waals surface area contributed by atoms with Crippen LogP contribution in [0.1, 0.15) is 33.3 Å². The van der Waals surface area contributed by atoms with Gasteiger partial charge in [-0.05, 0) is 29.7 Å². The summed E-state index contributed by atoms with van der Waals surface area (Å²) in [6.07, 6.45) is 0.894. The number of rotatable bonds is 2. The number of para-hydroxylation sites is 1. The predicted octanol–water partition coefficient (Wildman–Crippen LogP) is 3.21. The molecule has 0 spiro atoms. The Balaban J connectivity index is 1.84. The topological polar surface area (TPSA) is 63.3 Å². The highest BCUT2D eigenvalue weighted by molar-refractivity contribution is 6.00. The molecule has 20 heavy (non-hydrogen) atoms. The lowest BCUT2D eigenvalue weighted by Crippen LogP contribution is -2.18. The quantitative estimate of drug-likeness (QED) is 0.772. The first kappa shape index (κ1) is 11.2. The second-order valence-corrected chi connectivity index (χ2v) is 4.97. The van der Waals surface area contributed by atoms with Crippen LogP contribution in [0, 0.1) is 0 Å². The Labute approximate surface area is 114 Å². The molecule has 0 radical (unpaired) electrons. The van der Waals surface area contributed by atoms with Gasteiger partial charge in [0.05, 0.1) is 11.5 Å². The normalized spacial score (nSPS) is 16.7. The fraction of sp³-hybridized carbons (Fsp3) is 0.125. The van der Waals surface area contributed by atoms with Gasteiger partial charge in [0.2, 0.25) is 5.89 Å². The van der Waals surface area contributed by atoms with Crippen molar-refractivity contribution >= 4 is 17.1 Å². The van der Waals surface area contributed by atoms with Crippen LogP contribution in [0.2, 0.25) is 0 Å². The van der Waals surface area contributed by atoms with Crippen molar-refractivity contribution in [3.63, 3.8) is 0 Å². The minimum Gasteiger partial charge on any atom is -0.478 e. The number of aromatic carboxylic acids is 1. The molecule has 0 fully saturated rings. The summed E-state index contributed by atoms with van der Waals surface area (Å²) in [5.74, 6) is -0.239. The molecule has 2 aromatic carbocycles. The van der Waals surface area contributed by atoms with E-state index in [2.05, 4.69) is 17.1 Å². The van der Waals surface area contributed by atoms with E-state index in [0.717, 1.165) is 6.42 Å². The van der Waals surface area contributed by atoms with Crippen molar-refractivity contribution in [3.8, 4) is 0 Å². The van der Waals surface area contributed by atoms with Crippen LogP contribution in [0.3, 0.4) is 0 Å². The van der Waals surface area contributed by atoms with E-state index in [9.17, 15) is 9.90 Å². The van der Waals surface area contributed by atoms with Crippen LogP contribution in [0.15, 0.2) is 46.9 Å². The van der Waals surface area contributed by atoms with Gasteiger partial charge in [0, 0.05) is 0 Å². The molecule has 98 valence electrons. The molecule has 1 aliphatic carbocycles. The van der Waals surface area contributed by atoms with E-state index in [4.69, 9.17) is 4.42 Å². The van der Waals surface area contributed by atoms with Crippen molar-refractivity contribution in [2.75, 3.05) is 0 Å². The summed E-state index contributed by atoms with van der Waals surface area (Å²) in [5.41, 5.74) is 3.67. The number of fused-ring (bicyclic) bond motifs is 2. The third-order valence-corrected chi connectivity index (χ3v) is 3.82. The third kappa shape index (κ3) is 1.48. The van der Waals surface area contributed by atoms with Gasteiger partial charge in [-0.3, -0.25) is 0 Å². The van der Waals surface area contributed by atoms with Gasteiger partial charge in [-0.1, -0.05) is 30.3 Å². The van der Waals surface area contributed by atoms with Gasteiger partial charge in [0.25, 0.3) is 0 Å². The summed E-state index contributed by atoms with van der Waals surface area (Å²) < 4.78 is 5.75. The van der Waals surface area contributed by atoms with Crippen LogP contribution < -0.4 is 0 Å².